The van der Waals surface area contributed by atoms with Crippen molar-refractivity contribution in [1.29, 1.82) is 0 Å². The molecule has 0 saturated heterocycles. The average molecular weight is 288 g/mol. The number of hydrogen-bond donors (Lipinski definition) is 2. The first-order valence-electron chi connectivity index (χ1n) is 6.15. The number of carboxylic acid groups (broad SMARTS) is 1. The number of amides is 1. The highest BCUT2D eigenvalue weighted by molar-refractivity contribution is 6.02. The number of nitrogens with zero attached hydrogens (tertiary/aromatic N) is 1. The van der Waals surface area contributed by atoms with Crippen LogP contribution in [0.5, 0.6) is 0 Å². The molecule has 0 saturated carbocycles. The summed E-state index contributed by atoms with van der Waals surface area (Å²) in [5.74, 6) is -2.18. The summed E-state index contributed by atoms with van der Waals surface area (Å²) in [6.45, 7) is 1.26. The molecule has 21 heavy (non-hydrogen) atoms. The van der Waals surface area contributed by atoms with Gasteiger partial charge in [0.25, 0.3) is 0 Å². The lowest BCUT2D eigenvalue weighted by atomic mass is 10.1. The molecule has 5 nitrogen and oxygen atoms in total. The molecule has 0 aliphatic carbocycles. The van der Waals surface area contributed by atoms with Gasteiger partial charge >= 0.3 is 5.97 Å². The smallest absolute Gasteiger partial charge is 0.337 e. The molecule has 0 radical (unpaired) electrons. The third-order valence-electron chi connectivity index (χ3n) is 2.80. The Labute approximate surface area is 120 Å². The van der Waals surface area contributed by atoms with Crippen molar-refractivity contribution in [3.63, 3.8) is 0 Å². The zero-order chi connectivity index (χ0) is 15.4. The first-order valence-corrected chi connectivity index (χ1v) is 6.15. The van der Waals surface area contributed by atoms with Gasteiger partial charge in [0.2, 0.25) is 5.91 Å². The van der Waals surface area contributed by atoms with E-state index in [0.717, 1.165) is 5.01 Å². The SMILES string of the molecule is CC(=O)N(Nc1ccccc1F)c1ccccc1C(=O)O. The van der Waals surface area contributed by atoms with E-state index in [1.165, 1.54) is 37.3 Å². The lowest BCUT2D eigenvalue weighted by Crippen LogP contribution is -2.35. The van der Waals surface area contributed by atoms with Gasteiger partial charge in [-0.3, -0.25) is 10.2 Å². The zero-order valence-corrected chi connectivity index (χ0v) is 11.2. The number of nitrogens with one attached hydrogen (secondary N) is 1. The summed E-state index contributed by atoms with van der Waals surface area (Å²) in [5, 5.41) is 10.2. The first-order chi connectivity index (χ1) is 10.0. The predicted molar refractivity (Wildman–Crippen MR) is 76.6 cm³/mol. The fraction of sp³-hybridized carbons (Fsp3) is 0.0667. The lowest BCUT2D eigenvalue weighted by molar-refractivity contribution is -0.116. The molecular weight excluding hydrogens is 275 g/mol. The van der Waals surface area contributed by atoms with Crippen molar-refractivity contribution >= 4 is 23.3 Å². The molecule has 0 aliphatic rings. The van der Waals surface area contributed by atoms with E-state index in [1.54, 1.807) is 18.2 Å². The highest BCUT2D eigenvalue weighted by atomic mass is 19.1. The Hall–Kier alpha value is -2.89. The third-order valence-corrected chi connectivity index (χ3v) is 2.80. The standard InChI is InChI=1S/C15H13FN2O3/c1-10(19)18(17-13-8-4-3-7-12(13)16)14-9-5-2-6-11(14)15(20)21/h2-9,17H,1H3,(H,20,21). The minimum absolute atomic E-state index is 0.0588. The number of carbonyl (C=O) groups is 2. The molecule has 6 heteroatoms. The third kappa shape index (κ3) is 3.17. The monoisotopic (exact) mass is 288 g/mol. The van der Waals surface area contributed by atoms with Crippen molar-refractivity contribution in [2.24, 2.45) is 0 Å². The molecule has 0 atom stereocenters. The summed E-state index contributed by atoms with van der Waals surface area (Å²) in [6, 6.07) is 11.8. The number of hydrazine groups is 1. The Kier molecular flexibility index (Phi) is 4.18. The Morgan fingerprint density at radius 2 is 1.71 bits per heavy atom. The van der Waals surface area contributed by atoms with Crippen LogP contribution in [0.3, 0.4) is 0 Å². The fourth-order valence-corrected chi connectivity index (χ4v) is 1.83. The zero-order valence-electron chi connectivity index (χ0n) is 11.2. The summed E-state index contributed by atoms with van der Waals surface area (Å²) in [5.41, 5.74) is 2.76. The Morgan fingerprint density at radius 1 is 1.10 bits per heavy atom. The van der Waals surface area contributed by atoms with Crippen molar-refractivity contribution in [1.82, 2.24) is 0 Å². The van der Waals surface area contributed by atoms with E-state index >= 15 is 0 Å². The van der Waals surface area contributed by atoms with Crippen LogP contribution in [0.4, 0.5) is 15.8 Å². The molecule has 2 rings (SSSR count). The Morgan fingerprint density at radius 3 is 2.33 bits per heavy atom. The van der Waals surface area contributed by atoms with Gasteiger partial charge in [-0.25, -0.2) is 14.2 Å². The molecule has 2 aromatic carbocycles. The molecule has 2 aromatic rings. The second-order valence-electron chi connectivity index (χ2n) is 4.27. The molecule has 0 fully saturated rings. The van der Waals surface area contributed by atoms with Crippen molar-refractivity contribution in [2.45, 2.75) is 6.92 Å². The van der Waals surface area contributed by atoms with E-state index in [-0.39, 0.29) is 16.9 Å². The summed E-state index contributed by atoms with van der Waals surface area (Å²) >= 11 is 0. The topological polar surface area (TPSA) is 69.6 Å². The summed E-state index contributed by atoms with van der Waals surface area (Å²) in [7, 11) is 0. The van der Waals surface area contributed by atoms with Crippen LogP contribution in [0.15, 0.2) is 48.5 Å². The second kappa shape index (κ2) is 6.04. The van der Waals surface area contributed by atoms with Gasteiger partial charge < -0.3 is 5.11 Å². The number of halogens is 1. The molecule has 2 N–H and O–H groups in total. The quantitative estimate of drug-likeness (QED) is 0.849. The number of aromatic carboxylic acids is 1. The van der Waals surface area contributed by atoms with Crippen LogP contribution in [-0.4, -0.2) is 17.0 Å². The van der Waals surface area contributed by atoms with E-state index in [1.807, 2.05) is 0 Å². The van der Waals surface area contributed by atoms with Gasteiger partial charge in [0, 0.05) is 6.92 Å². The molecular formula is C15H13FN2O3. The van der Waals surface area contributed by atoms with Crippen molar-refractivity contribution in [3.05, 3.63) is 59.9 Å². The first kappa shape index (κ1) is 14.5. The number of para-hydroxylation sites is 2. The number of carbonyl (C=O) groups excluding carboxylic acids is 1. The minimum Gasteiger partial charge on any atom is -0.478 e. The van der Waals surface area contributed by atoms with E-state index in [2.05, 4.69) is 5.43 Å². The van der Waals surface area contributed by atoms with E-state index in [9.17, 15) is 19.1 Å². The highest BCUT2D eigenvalue weighted by Gasteiger charge is 2.19. The second-order valence-corrected chi connectivity index (χ2v) is 4.27. The van der Waals surface area contributed by atoms with Gasteiger partial charge in [-0.05, 0) is 24.3 Å². The molecule has 0 heterocycles. The van der Waals surface area contributed by atoms with E-state index in [4.69, 9.17) is 0 Å². The number of hydrogen-bond acceptors (Lipinski definition) is 3. The lowest BCUT2D eigenvalue weighted by Gasteiger charge is -2.24. The Balaban J connectivity index is 2.44. The maximum atomic E-state index is 13.7. The summed E-state index contributed by atoms with van der Waals surface area (Å²) in [6.07, 6.45) is 0. The molecule has 0 bridgehead atoms. The van der Waals surface area contributed by atoms with Crippen LogP contribution in [0.1, 0.15) is 17.3 Å². The van der Waals surface area contributed by atoms with Gasteiger partial charge in [0.05, 0.1) is 16.9 Å². The highest BCUT2D eigenvalue weighted by Crippen LogP contribution is 2.23. The van der Waals surface area contributed by atoms with Crippen LogP contribution < -0.4 is 10.4 Å². The van der Waals surface area contributed by atoms with Gasteiger partial charge in [-0.15, -0.1) is 0 Å². The normalized spacial score (nSPS) is 10.0. The van der Waals surface area contributed by atoms with Crippen LogP contribution in [-0.2, 0) is 4.79 Å². The number of benzene rings is 2. The van der Waals surface area contributed by atoms with Gasteiger partial charge in [0.1, 0.15) is 5.82 Å². The van der Waals surface area contributed by atoms with Crippen molar-refractivity contribution in [2.75, 3.05) is 10.4 Å². The van der Waals surface area contributed by atoms with Crippen LogP contribution in [0.2, 0.25) is 0 Å². The summed E-state index contributed by atoms with van der Waals surface area (Å²) in [4.78, 5) is 23.0. The fourth-order valence-electron chi connectivity index (χ4n) is 1.83. The van der Waals surface area contributed by atoms with Crippen molar-refractivity contribution in [3.8, 4) is 0 Å². The van der Waals surface area contributed by atoms with E-state index in [0.29, 0.717) is 0 Å². The van der Waals surface area contributed by atoms with Gasteiger partial charge in [-0.2, -0.15) is 0 Å². The Bertz CT molecular complexity index is 688. The van der Waals surface area contributed by atoms with Crippen LogP contribution >= 0.6 is 0 Å². The number of carboxylic acids is 1. The molecule has 0 aromatic heterocycles. The molecule has 1 amide bonds. The molecule has 108 valence electrons. The predicted octanol–water partition coefficient (Wildman–Crippen LogP) is 2.90. The molecule has 0 unspecified atom stereocenters. The van der Waals surface area contributed by atoms with Crippen molar-refractivity contribution < 1.29 is 19.1 Å². The minimum atomic E-state index is -1.17. The van der Waals surface area contributed by atoms with Gasteiger partial charge in [-0.1, -0.05) is 24.3 Å². The molecule has 0 spiro atoms. The molecule has 0 aliphatic heterocycles. The van der Waals surface area contributed by atoms with E-state index < -0.39 is 17.7 Å². The largest absolute Gasteiger partial charge is 0.478 e. The summed E-state index contributed by atoms with van der Waals surface area (Å²) < 4.78 is 13.7. The maximum absolute atomic E-state index is 13.7. The number of rotatable bonds is 4. The van der Waals surface area contributed by atoms with Gasteiger partial charge in [0.15, 0.2) is 0 Å². The average Bonchev–Trinajstić information content (AvgIpc) is 2.46. The van der Waals surface area contributed by atoms with Crippen LogP contribution in [0.25, 0.3) is 0 Å². The van der Waals surface area contributed by atoms with Crippen LogP contribution in [0, 0.1) is 5.82 Å². The number of anilines is 2. The maximum Gasteiger partial charge on any atom is 0.337 e.